The van der Waals surface area contributed by atoms with Crippen molar-refractivity contribution in [1.29, 1.82) is 0 Å². The van der Waals surface area contributed by atoms with E-state index in [1.165, 1.54) is 4.88 Å². The highest BCUT2D eigenvalue weighted by Crippen LogP contribution is 2.43. The summed E-state index contributed by atoms with van der Waals surface area (Å²) >= 11 is 1.69. The average molecular weight is 333 g/mol. The maximum Gasteiger partial charge on any atom is 0.231 e. The summed E-state index contributed by atoms with van der Waals surface area (Å²) in [5.74, 6) is 0.160. The Balaban J connectivity index is 1.41. The van der Waals surface area contributed by atoms with Gasteiger partial charge < -0.3 is 10.1 Å². The Labute approximate surface area is 140 Å². The van der Waals surface area contributed by atoms with Gasteiger partial charge in [0.15, 0.2) is 0 Å². The van der Waals surface area contributed by atoms with Crippen LogP contribution in [0.2, 0.25) is 0 Å². The first-order chi connectivity index (χ1) is 11.3. The minimum Gasteiger partial charge on any atom is -0.378 e. The summed E-state index contributed by atoms with van der Waals surface area (Å²) in [6, 6.07) is 6.02. The van der Waals surface area contributed by atoms with Crippen LogP contribution in [0.5, 0.6) is 0 Å². The van der Waals surface area contributed by atoms with Crippen LogP contribution in [0.4, 0.5) is 0 Å². The first kappa shape index (κ1) is 16.2. The maximum absolute atomic E-state index is 12.7. The van der Waals surface area contributed by atoms with Gasteiger partial charge in [-0.25, -0.2) is 0 Å². The van der Waals surface area contributed by atoms with E-state index < -0.39 is 0 Å². The number of amides is 1. The Morgan fingerprint density at radius 3 is 2.91 bits per heavy atom. The van der Waals surface area contributed by atoms with Crippen molar-refractivity contribution in [3.8, 4) is 0 Å². The second-order valence-corrected chi connectivity index (χ2v) is 6.85. The lowest BCUT2D eigenvalue weighted by atomic mass is 9.83. The van der Waals surface area contributed by atoms with Gasteiger partial charge in [0, 0.05) is 23.8 Å². The van der Waals surface area contributed by atoms with Crippen LogP contribution in [0.15, 0.2) is 36.0 Å². The molecule has 0 atom stereocenters. The van der Waals surface area contributed by atoms with Crippen molar-refractivity contribution in [2.45, 2.75) is 37.6 Å². The summed E-state index contributed by atoms with van der Waals surface area (Å²) in [5.41, 5.74) is -0.302. The van der Waals surface area contributed by atoms with Crippen LogP contribution in [0.3, 0.4) is 0 Å². The molecule has 1 aliphatic carbocycles. The van der Waals surface area contributed by atoms with E-state index >= 15 is 0 Å². The minimum absolute atomic E-state index is 0.160. The van der Waals surface area contributed by atoms with Gasteiger partial charge in [-0.2, -0.15) is 5.10 Å². The number of rotatable bonds is 8. The molecule has 5 nitrogen and oxygen atoms in total. The fourth-order valence-corrected chi connectivity index (χ4v) is 4.20. The van der Waals surface area contributed by atoms with Crippen LogP contribution in [-0.4, -0.2) is 35.4 Å². The molecule has 0 bridgehead atoms. The molecule has 1 saturated carbocycles. The molecule has 1 fully saturated rings. The van der Waals surface area contributed by atoms with Crippen molar-refractivity contribution in [2.75, 3.05) is 19.8 Å². The van der Waals surface area contributed by atoms with Crippen molar-refractivity contribution in [3.63, 3.8) is 0 Å². The van der Waals surface area contributed by atoms with Gasteiger partial charge in [-0.1, -0.05) is 18.9 Å². The van der Waals surface area contributed by atoms with Gasteiger partial charge in [0.2, 0.25) is 5.91 Å². The monoisotopic (exact) mass is 333 g/mol. The third kappa shape index (κ3) is 3.82. The summed E-state index contributed by atoms with van der Waals surface area (Å²) < 4.78 is 7.41. The van der Waals surface area contributed by atoms with Gasteiger partial charge >= 0.3 is 0 Å². The third-order valence-electron chi connectivity index (χ3n) is 4.44. The van der Waals surface area contributed by atoms with Crippen molar-refractivity contribution < 1.29 is 9.53 Å². The summed E-state index contributed by atoms with van der Waals surface area (Å²) in [7, 11) is 0. The Bertz CT molecular complexity index is 589. The highest BCUT2D eigenvalue weighted by Gasteiger charge is 2.43. The van der Waals surface area contributed by atoms with Crippen LogP contribution >= 0.6 is 11.3 Å². The zero-order chi connectivity index (χ0) is 16.0. The van der Waals surface area contributed by atoms with E-state index in [1.54, 1.807) is 17.5 Å². The molecule has 0 unspecified atom stereocenters. The molecule has 3 rings (SSSR count). The molecule has 1 N–H and O–H groups in total. The van der Waals surface area contributed by atoms with Gasteiger partial charge in [-0.05, 0) is 30.4 Å². The van der Waals surface area contributed by atoms with Crippen molar-refractivity contribution in [3.05, 3.63) is 40.8 Å². The molecule has 0 spiro atoms. The van der Waals surface area contributed by atoms with Crippen LogP contribution in [0, 0.1) is 0 Å². The number of nitrogens with zero attached hydrogens (tertiary/aromatic N) is 2. The Kier molecular flexibility index (Phi) is 5.46. The van der Waals surface area contributed by atoms with Crippen LogP contribution < -0.4 is 5.32 Å². The number of hydrogen-bond acceptors (Lipinski definition) is 4. The molecule has 1 amide bonds. The average Bonchev–Trinajstić information content (AvgIpc) is 3.32. The minimum atomic E-state index is -0.302. The zero-order valence-corrected chi connectivity index (χ0v) is 14.1. The highest BCUT2D eigenvalue weighted by molar-refractivity contribution is 7.10. The van der Waals surface area contributed by atoms with E-state index in [0.717, 1.165) is 32.2 Å². The molecule has 0 saturated heterocycles. The van der Waals surface area contributed by atoms with E-state index in [0.29, 0.717) is 19.8 Å². The number of thiophene rings is 1. The molecule has 2 aromatic heterocycles. The predicted octanol–water partition coefficient (Wildman–Crippen LogP) is 2.59. The molecule has 124 valence electrons. The SMILES string of the molecule is O=C(NCCOCCn1cccn1)C1(c2cccs2)CCCC1. The van der Waals surface area contributed by atoms with Crippen molar-refractivity contribution >= 4 is 17.2 Å². The molecule has 0 radical (unpaired) electrons. The third-order valence-corrected chi connectivity index (χ3v) is 5.51. The first-order valence-corrected chi connectivity index (χ1v) is 9.07. The number of nitrogens with one attached hydrogen (secondary N) is 1. The smallest absolute Gasteiger partial charge is 0.231 e. The number of ether oxygens (including phenoxy) is 1. The Hall–Kier alpha value is -1.66. The summed E-state index contributed by atoms with van der Waals surface area (Å²) in [6.45, 7) is 2.44. The van der Waals surface area contributed by atoms with E-state index in [4.69, 9.17) is 4.74 Å². The van der Waals surface area contributed by atoms with E-state index in [1.807, 2.05) is 23.0 Å². The highest BCUT2D eigenvalue weighted by atomic mass is 32.1. The molecular formula is C17H23N3O2S. The lowest BCUT2D eigenvalue weighted by Crippen LogP contribution is -2.43. The second-order valence-electron chi connectivity index (χ2n) is 5.90. The summed E-state index contributed by atoms with van der Waals surface area (Å²) in [4.78, 5) is 13.9. The second kappa shape index (κ2) is 7.75. The predicted molar refractivity (Wildman–Crippen MR) is 90.5 cm³/mol. The molecular weight excluding hydrogens is 310 g/mol. The van der Waals surface area contributed by atoms with Gasteiger partial charge in [0.1, 0.15) is 0 Å². The molecule has 2 heterocycles. The molecule has 0 aliphatic heterocycles. The fourth-order valence-electron chi connectivity index (χ4n) is 3.21. The van der Waals surface area contributed by atoms with E-state index in [2.05, 4.69) is 21.9 Å². The van der Waals surface area contributed by atoms with E-state index in [-0.39, 0.29) is 11.3 Å². The lowest BCUT2D eigenvalue weighted by Gasteiger charge is -2.26. The molecule has 6 heteroatoms. The molecule has 1 aliphatic rings. The zero-order valence-electron chi connectivity index (χ0n) is 13.2. The molecule has 0 aromatic carbocycles. The van der Waals surface area contributed by atoms with Gasteiger partial charge in [-0.3, -0.25) is 9.48 Å². The fraction of sp³-hybridized carbons (Fsp3) is 0.529. The van der Waals surface area contributed by atoms with Crippen LogP contribution in [0.1, 0.15) is 30.6 Å². The number of carbonyl (C=O) groups is 1. The Morgan fingerprint density at radius 2 is 2.22 bits per heavy atom. The van der Waals surface area contributed by atoms with Gasteiger partial charge in [-0.15, -0.1) is 11.3 Å². The Morgan fingerprint density at radius 1 is 1.35 bits per heavy atom. The first-order valence-electron chi connectivity index (χ1n) is 8.19. The van der Waals surface area contributed by atoms with Crippen LogP contribution in [-0.2, 0) is 21.5 Å². The van der Waals surface area contributed by atoms with E-state index in [9.17, 15) is 4.79 Å². The summed E-state index contributed by atoms with van der Waals surface area (Å²) in [6.07, 6.45) is 7.85. The van der Waals surface area contributed by atoms with Gasteiger partial charge in [0.25, 0.3) is 0 Å². The molecule has 2 aromatic rings. The molecule has 23 heavy (non-hydrogen) atoms. The number of aromatic nitrogens is 2. The number of hydrogen-bond donors (Lipinski definition) is 1. The largest absolute Gasteiger partial charge is 0.378 e. The lowest BCUT2D eigenvalue weighted by molar-refractivity contribution is -0.126. The summed E-state index contributed by atoms with van der Waals surface area (Å²) in [5, 5.41) is 9.24. The number of carbonyl (C=O) groups excluding carboxylic acids is 1. The maximum atomic E-state index is 12.7. The van der Waals surface area contributed by atoms with Gasteiger partial charge in [0.05, 0.1) is 25.2 Å². The van der Waals surface area contributed by atoms with Crippen molar-refractivity contribution in [2.24, 2.45) is 0 Å². The quantitative estimate of drug-likeness (QED) is 0.756. The topological polar surface area (TPSA) is 56.1 Å². The normalized spacial score (nSPS) is 16.5. The van der Waals surface area contributed by atoms with Crippen LogP contribution in [0.25, 0.3) is 0 Å². The standard InChI is InChI=1S/C17H23N3O2S/c21-16(17(6-1-2-7-17)15-5-3-14-23-15)18-9-12-22-13-11-20-10-4-8-19-20/h3-5,8,10,14H,1-2,6-7,9,11-13H2,(H,18,21). The van der Waals surface area contributed by atoms with Crippen molar-refractivity contribution in [1.82, 2.24) is 15.1 Å².